The van der Waals surface area contributed by atoms with Crippen molar-refractivity contribution in [3.05, 3.63) is 23.6 Å². The van der Waals surface area contributed by atoms with Gasteiger partial charge in [0.2, 0.25) is 0 Å². The van der Waals surface area contributed by atoms with Gasteiger partial charge in [0.1, 0.15) is 0 Å². The third kappa shape index (κ3) is 2.70. The quantitative estimate of drug-likeness (QED) is 0.837. The minimum atomic E-state index is -0.410. The highest BCUT2D eigenvalue weighted by Gasteiger charge is 2.17. The van der Waals surface area contributed by atoms with Crippen LogP contribution < -0.4 is 4.90 Å². The molecule has 1 rings (SSSR count). The molecule has 0 aliphatic rings. The van der Waals surface area contributed by atoms with Gasteiger partial charge < -0.3 is 10.0 Å². The van der Waals surface area contributed by atoms with Crippen LogP contribution in [0.5, 0.6) is 0 Å². The summed E-state index contributed by atoms with van der Waals surface area (Å²) >= 11 is 0. The largest absolute Gasteiger partial charge is 0.392 e. The zero-order chi connectivity index (χ0) is 12.1. The van der Waals surface area contributed by atoms with Gasteiger partial charge in [-0.15, -0.1) is 0 Å². The van der Waals surface area contributed by atoms with E-state index in [1.165, 1.54) is 12.3 Å². The second-order valence-corrected chi connectivity index (χ2v) is 4.05. The first-order valence-corrected chi connectivity index (χ1v) is 5.62. The molecule has 3 nitrogen and oxygen atoms in total. The molecule has 0 amide bonds. The summed E-state index contributed by atoms with van der Waals surface area (Å²) in [6, 6.07) is 1.69. The maximum absolute atomic E-state index is 13.9. The second kappa shape index (κ2) is 5.80. The third-order valence-corrected chi connectivity index (χ3v) is 2.48. The van der Waals surface area contributed by atoms with Crippen molar-refractivity contribution in [2.24, 2.45) is 0 Å². The Hall–Kier alpha value is -1.16. The lowest BCUT2D eigenvalue weighted by molar-refractivity contribution is 0.275. The molecule has 1 N–H and O–H groups in total. The average Bonchev–Trinajstić information content (AvgIpc) is 2.26. The molecule has 0 saturated carbocycles. The van der Waals surface area contributed by atoms with Crippen LogP contribution in [0.1, 0.15) is 32.8 Å². The molecule has 90 valence electrons. The minimum Gasteiger partial charge on any atom is -0.392 e. The first-order chi connectivity index (χ1) is 7.61. The molecular formula is C12H19FN2O. The van der Waals surface area contributed by atoms with Crippen molar-refractivity contribution in [1.29, 1.82) is 0 Å². The molecule has 0 aromatic carbocycles. The van der Waals surface area contributed by atoms with Gasteiger partial charge >= 0.3 is 0 Å². The van der Waals surface area contributed by atoms with E-state index in [0.717, 1.165) is 13.0 Å². The number of aromatic nitrogens is 1. The number of aliphatic hydroxyl groups excluding tert-OH is 1. The monoisotopic (exact) mass is 226 g/mol. The van der Waals surface area contributed by atoms with Gasteiger partial charge in [0.05, 0.1) is 6.61 Å². The Morgan fingerprint density at radius 1 is 1.50 bits per heavy atom. The predicted octanol–water partition coefficient (Wildman–Crippen LogP) is 2.34. The molecule has 0 aliphatic heterocycles. The van der Waals surface area contributed by atoms with Crippen molar-refractivity contribution in [2.45, 2.75) is 39.8 Å². The highest BCUT2D eigenvalue weighted by molar-refractivity contribution is 5.43. The number of aliphatic hydroxyl groups is 1. The van der Waals surface area contributed by atoms with E-state index in [-0.39, 0.29) is 12.6 Å². The van der Waals surface area contributed by atoms with Crippen LogP contribution in [0.25, 0.3) is 0 Å². The third-order valence-electron chi connectivity index (χ3n) is 2.48. The fourth-order valence-corrected chi connectivity index (χ4v) is 1.64. The SMILES string of the molecule is CCCN(c1nccc(CO)c1F)C(C)C. The van der Waals surface area contributed by atoms with Crippen LogP contribution in [0.15, 0.2) is 12.3 Å². The summed E-state index contributed by atoms with van der Waals surface area (Å²) < 4.78 is 13.9. The number of hydrogen-bond donors (Lipinski definition) is 1. The van der Waals surface area contributed by atoms with Crippen LogP contribution >= 0.6 is 0 Å². The molecule has 0 aliphatic carbocycles. The molecule has 0 bridgehead atoms. The zero-order valence-corrected chi connectivity index (χ0v) is 10.1. The van der Waals surface area contributed by atoms with E-state index in [4.69, 9.17) is 5.11 Å². The standard InChI is InChI=1S/C12H19FN2O/c1-4-7-15(9(2)3)12-11(13)10(8-16)5-6-14-12/h5-6,9,16H,4,7-8H2,1-3H3. The van der Waals surface area contributed by atoms with Crippen LogP contribution in [0.3, 0.4) is 0 Å². The molecule has 0 spiro atoms. The summed E-state index contributed by atoms with van der Waals surface area (Å²) in [4.78, 5) is 5.98. The molecule has 0 fully saturated rings. The number of hydrogen-bond acceptors (Lipinski definition) is 3. The summed E-state index contributed by atoms with van der Waals surface area (Å²) in [5, 5.41) is 9.01. The van der Waals surface area contributed by atoms with Crippen molar-refractivity contribution in [3.8, 4) is 0 Å². The second-order valence-electron chi connectivity index (χ2n) is 4.05. The van der Waals surface area contributed by atoms with E-state index in [0.29, 0.717) is 11.4 Å². The predicted molar refractivity (Wildman–Crippen MR) is 62.9 cm³/mol. The molecule has 1 aromatic rings. The van der Waals surface area contributed by atoms with Gasteiger partial charge in [-0.2, -0.15) is 0 Å². The van der Waals surface area contributed by atoms with E-state index in [9.17, 15) is 4.39 Å². The van der Waals surface area contributed by atoms with Gasteiger partial charge in [-0.3, -0.25) is 0 Å². The molecular weight excluding hydrogens is 207 g/mol. The lowest BCUT2D eigenvalue weighted by atomic mass is 10.2. The fraction of sp³-hybridized carbons (Fsp3) is 0.583. The number of anilines is 1. The number of nitrogens with zero attached hydrogens (tertiary/aromatic N) is 2. The minimum absolute atomic E-state index is 0.191. The lowest BCUT2D eigenvalue weighted by Gasteiger charge is -2.28. The molecule has 4 heteroatoms. The average molecular weight is 226 g/mol. The van der Waals surface area contributed by atoms with Gasteiger partial charge in [0.25, 0.3) is 0 Å². The summed E-state index contributed by atoms with van der Waals surface area (Å²) in [5.74, 6) is -0.0736. The summed E-state index contributed by atoms with van der Waals surface area (Å²) in [6.07, 6.45) is 2.47. The van der Waals surface area contributed by atoms with E-state index in [1.807, 2.05) is 25.7 Å². The normalized spacial score (nSPS) is 10.9. The Morgan fingerprint density at radius 3 is 2.69 bits per heavy atom. The number of pyridine rings is 1. The topological polar surface area (TPSA) is 36.4 Å². The maximum Gasteiger partial charge on any atom is 0.171 e. The molecule has 0 radical (unpaired) electrons. The fourth-order valence-electron chi connectivity index (χ4n) is 1.64. The van der Waals surface area contributed by atoms with Gasteiger partial charge in [-0.05, 0) is 26.3 Å². The van der Waals surface area contributed by atoms with Crippen LogP contribution in [0.4, 0.5) is 10.2 Å². The van der Waals surface area contributed by atoms with Crippen LogP contribution in [-0.4, -0.2) is 22.7 Å². The maximum atomic E-state index is 13.9. The molecule has 16 heavy (non-hydrogen) atoms. The van der Waals surface area contributed by atoms with Crippen molar-refractivity contribution in [1.82, 2.24) is 4.98 Å². The van der Waals surface area contributed by atoms with Gasteiger partial charge in [0.15, 0.2) is 11.6 Å². The van der Waals surface area contributed by atoms with Gasteiger partial charge in [-0.1, -0.05) is 6.92 Å². The first-order valence-electron chi connectivity index (χ1n) is 5.62. The number of halogens is 1. The van der Waals surface area contributed by atoms with Crippen molar-refractivity contribution in [2.75, 3.05) is 11.4 Å². The van der Waals surface area contributed by atoms with E-state index in [1.54, 1.807) is 0 Å². The molecule has 0 atom stereocenters. The Balaban J connectivity index is 3.08. The van der Waals surface area contributed by atoms with Crippen molar-refractivity contribution < 1.29 is 9.50 Å². The van der Waals surface area contributed by atoms with E-state index < -0.39 is 5.82 Å². The zero-order valence-electron chi connectivity index (χ0n) is 10.1. The Morgan fingerprint density at radius 2 is 2.19 bits per heavy atom. The Labute approximate surface area is 95.9 Å². The first kappa shape index (κ1) is 12.9. The van der Waals surface area contributed by atoms with Crippen molar-refractivity contribution in [3.63, 3.8) is 0 Å². The summed E-state index contributed by atoms with van der Waals surface area (Å²) in [7, 11) is 0. The smallest absolute Gasteiger partial charge is 0.171 e. The lowest BCUT2D eigenvalue weighted by Crippen LogP contribution is -2.33. The summed E-state index contributed by atoms with van der Waals surface area (Å²) in [6.45, 7) is 6.52. The highest BCUT2D eigenvalue weighted by Crippen LogP contribution is 2.21. The highest BCUT2D eigenvalue weighted by atomic mass is 19.1. The Kier molecular flexibility index (Phi) is 4.68. The van der Waals surface area contributed by atoms with E-state index >= 15 is 0 Å². The van der Waals surface area contributed by atoms with Crippen molar-refractivity contribution >= 4 is 5.82 Å². The van der Waals surface area contributed by atoms with Gasteiger partial charge in [-0.25, -0.2) is 9.37 Å². The van der Waals surface area contributed by atoms with Crippen LogP contribution in [0, 0.1) is 5.82 Å². The summed E-state index contributed by atoms with van der Waals surface area (Å²) in [5.41, 5.74) is 0.298. The Bertz CT molecular complexity index is 342. The van der Waals surface area contributed by atoms with Crippen LogP contribution in [0.2, 0.25) is 0 Å². The molecule has 1 heterocycles. The van der Waals surface area contributed by atoms with E-state index in [2.05, 4.69) is 4.98 Å². The molecule has 1 aromatic heterocycles. The molecule has 0 saturated heterocycles. The number of rotatable bonds is 5. The molecule has 0 unspecified atom stereocenters. The van der Waals surface area contributed by atoms with Gasteiger partial charge in [0, 0.05) is 24.3 Å². The van der Waals surface area contributed by atoms with Crippen LogP contribution in [-0.2, 0) is 6.61 Å².